The van der Waals surface area contributed by atoms with E-state index >= 15 is 0 Å². The molecule has 0 unspecified atom stereocenters. The highest BCUT2D eigenvalue weighted by atomic mass is 35.5. The minimum atomic E-state index is -4.78. The molecule has 0 saturated carbocycles. The third kappa shape index (κ3) is 3.51. The summed E-state index contributed by atoms with van der Waals surface area (Å²) in [6, 6.07) is 10.9. The lowest BCUT2D eigenvalue weighted by Gasteiger charge is -2.29. The van der Waals surface area contributed by atoms with Crippen LogP contribution in [0.1, 0.15) is 11.4 Å². The fourth-order valence-electron chi connectivity index (χ4n) is 3.33. The third-order valence-corrected chi connectivity index (χ3v) is 5.00. The number of halogens is 4. The molecule has 0 fully saturated rings. The number of rotatable bonds is 3. The van der Waals surface area contributed by atoms with E-state index in [-0.39, 0.29) is 12.2 Å². The summed E-state index contributed by atoms with van der Waals surface area (Å²) in [6.07, 6.45) is -4.78. The van der Waals surface area contributed by atoms with Gasteiger partial charge in [-0.1, -0.05) is 41.9 Å². The highest BCUT2D eigenvalue weighted by Crippen LogP contribution is 2.42. The van der Waals surface area contributed by atoms with Gasteiger partial charge in [0.15, 0.2) is 11.6 Å². The third-order valence-electron chi connectivity index (χ3n) is 4.69. The number of hydrogen-bond donors (Lipinski definition) is 0. The molecule has 2 aromatic carbocycles. The highest BCUT2D eigenvalue weighted by Gasteiger charge is 2.37. The molecule has 0 amide bonds. The van der Waals surface area contributed by atoms with Crippen molar-refractivity contribution in [2.24, 2.45) is 0 Å². The van der Waals surface area contributed by atoms with Crippen LogP contribution in [0.4, 0.5) is 24.5 Å². The molecule has 0 N–H and O–H groups in total. The number of aromatic nitrogens is 3. The number of nitrogens with zero attached hydrogens (tertiary/aromatic N) is 5. The average molecular weight is 424 g/mol. The quantitative estimate of drug-likeness (QED) is 0.456. The van der Waals surface area contributed by atoms with Gasteiger partial charge < -0.3 is 9.47 Å². The van der Waals surface area contributed by atoms with E-state index in [1.807, 2.05) is 34.9 Å². The van der Waals surface area contributed by atoms with Crippen LogP contribution in [-0.4, -0.2) is 26.2 Å². The smallest absolute Gasteiger partial charge is 0.357 e. The van der Waals surface area contributed by atoms with E-state index in [0.717, 1.165) is 11.6 Å². The number of benzene rings is 2. The van der Waals surface area contributed by atoms with Gasteiger partial charge >= 0.3 is 6.18 Å². The van der Waals surface area contributed by atoms with Crippen LogP contribution in [0.15, 0.2) is 42.5 Å². The molecule has 29 heavy (non-hydrogen) atoms. The molecule has 0 radical (unpaired) electrons. The first-order valence-electron chi connectivity index (χ1n) is 8.53. The van der Waals surface area contributed by atoms with Crippen LogP contribution in [0.2, 0.25) is 5.02 Å². The monoisotopic (exact) mass is 423 g/mol. The fraction of sp³-hybridized carbons (Fsp3) is 0.222. The van der Waals surface area contributed by atoms with Crippen LogP contribution in [0.25, 0.3) is 11.4 Å². The predicted octanol–water partition coefficient (Wildman–Crippen LogP) is 4.55. The average Bonchev–Trinajstić information content (AvgIpc) is 3.10. The molecule has 3 aromatic rings. The zero-order valence-corrected chi connectivity index (χ0v) is 15.5. The Labute approximate surface area is 167 Å². The minimum Gasteiger partial charge on any atom is -0.357 e. The molecule has 1 aromatic heterocycles. The summed E-state index contributed by atoms with van der Waals surface area (Å²) in [5, 5.41) is 19.2. The van der Waals surface area contributed by atoms with Crippen LogP contribution in [0, 0.1) is 10.1 Å². The molecular weight excluding hydrogens is 411 g/mol. The number of nitro groups is 1. The van der Waals surface area contributed by atoms with Crippen molar-refractivity contribution >= 4 is 23.0 Å². The number of anilines is 1. The van der Waals surface area contributed by atoms with Gasteiger partial charge in [-0.25, -0.2) is 0 Å². The van der Waals surface area contributed by atoms with Gasteiger partial charge in [0.2, 0.25) is 0 Å². The zero-order chi connectivity index (χ0) is 20.8. The van der Waals surface area contributed by atoms with Gasteiger partial charge in [0.1, 0.15) is 5.69 Å². The molecule has 1 aliphatic heterocycles. The summed E-state index contributed by atoms with van der Waals surface area (Å²) in [5.41, 5.74) is -0.995. The topological polar surface area (TPSA) is 77.1 Å². The maximum Gasteiger partial charge on any atom is 0.418 e. The maximum atomic E-state index is 13.1. The van der Waals surface area contributed by atoms with Crippen molar-refractivity contribution in [3.63, 3.8) is 0 Å². The Bertz CT molecular complexity index is 1090. The Morgan fingerprint density at radius 1 is 1.10 bits per heavy atom. The molecule has 11 heteroatoms. The van der Waals surface area contributed by atoms with Crippen LogP contribution in [0.3, 0.4) is 0 Å². The van der Waals surface area contributed by atoms with E-state index in [2.05, 4.69) is 10.2 Å². The largest absolute Gasteiger partial charge is 0.418 e. The number of hydrogen-bond acceptors (Lipinski definition) is 5. The van der Waals surface area contributed by atoms with E-state index in [4.69, 9.17) is 11.6 Å². The number of nitro benzene ring substituents is 1. The summed E-state index contributed by atoms with van der Waals surface area (Å²) in [4.78, 5) is 12.2. The van der Waals surface area contributed by atoms with Crippen LogP contribution in [-0.2, 0) is 19.3 Å². The second-order valence-corrected chi connectivity index (χ2v) is 6.86. The van der Waals surface area contributed by atoms with Crippen molar-refractivity contribution < 1.29 is 18.1 Å². The maximum absolute atomic E-state index is 13.1. The second-order valence-electron chi connectivity index (χ2n) is 6.45. The number of fused-ring (bicyclic) bond motifs is 1. The van der Waals surface area contributed by atoms with Crippen molar-refractivity contribution in [2.45, 2.75) is 19.3 Å². The molecule has 0 bridgehead atoms. The lowest BCUT2D eigenvalue weighted by atomic mass is 10.1. The first-order chi connectivity index (χ1) is 13.8. The van der Waals surface area contributed by atoms with Gasteiger partial charge in [0.05, 0.1) is 22.1 Å². The van der Waals surface area contributed by atoms with Gasteiger partial charge in [-0.3, -0.25) is 10.1 Å². The Kier molecular flexibility index (Phi) is 4.65. The fourth-order valence-corrected chi connectivity index (χ4v) is 3.60. The molecule has 150 valence electrons. The second kappa shape index (κ2) is 7.03. The Morgan fingerprint density at radius 2 is 1.83 bits per heavy atom. The molecule has 0 saturated heterocycles. The van der Waals surface area contributed by atoms with Gasteiger partial charge in [-0.05, 0) is 6.07 Å². The molecule has 0 atom stereocenters. The van der Waals surface area contributed by atoms with Crippen molar-refractivity contribution in [3.05, 3.63) is 69.0 Å². The van der Waals surface area contributed by atoms with E-state index in [1.165, 1.54) is 0 Å². The highest BCUT2D eigenvalue weighted by molar-refractivity contribution is 6.31. The molecule has 0 spiro atoms. The van der Waals surface area contributed by atoms with E-state index in [0.29, 0.717) is 30.8 Å². The molecule has 2 heterocycles. The minimum absolute atomic E-state index is 0.0171. The van der Waals surface area contributed by atoms with Gasteiger partial charge in [-0.15, -0.1) is 10.2 Å². The van der Waals surface area contributed by atoms with Crippen molar-refractivity contribution in [1.29, 1.82) is 0 Å². The number of alkyl halides is 3. The van der Waals surface area contributed by atoms with Gasteiger partial charge in [0.25, 0.3) is 5.69 Å². The molecule has 4 rings (SSSR count). The zero-order valence-electron chi connectivity index (χ0n) is 14.7. The first-order valence-corrected chi connectivity index (χ1v) is 8.91. The molecular formula is C18H13ClF3N5O2. The van der Waals surface area contributed by atoms with Crippen molar-refractivity contribution in [2.75, 3.05) is 11.4 Å². The van der Waals surface area contributed by atoms with E-state index in [9.17, 15) is 23.3 Å². The van der Waals surface area contributed by atoms with Crippen LogP contribution in [0.5, 0.6) is 0 Å². The summed E-state index contributed by atoms with van der Waals surface area (Å²) in [6.45, 7) is 0.901. The normalized spacial score (nSPS) is 14.0. The van der Waals surface area contributed by atoms with Crippen LogP contribution >= 0.6 is 11.6 Å². The standard InChI is InChI=1S/C18H13ClF3N5O2/c19-13-9-14(15(27(28)29)8-12(13)18(20,21)22)25-6-7-26-16(10-25)23-24-17(26)11-4-2-1-3-5-11/h1-5,8-9H,6-7,10H2. The van der Waals surface area contributed by atoms with Crippen LogP contribution < -0.4 is 4.90 Å². The summed E-state index contributed by atoms with van der Waals surface area (Å²) in [7, 11) is 0. The van der Waals surface area contributed by atoms with Gasteiger partial charge in [-0.2, -0.15) is 13.2 Å². The predicted molar refractivity (Wildman–Crippen MR) is 99.6 cm³/mol. The molecule has 0 aliphatic carbocycles. The van der Waals surface area contributed by atoms with Crippen molar-refractivity contribution in [1.82, 2.24) is 14.8 Å². The van der Waals surface area contributed by atoms with Crippen molar-refractivity contribution in [3.8, 4) is 11.4 Å². The van der Waals surface area contributed by atoms with E-state index in [1.54, 1.807) is 4.90 Å². The summed E-state index contributed by atoms with van der Waals surface area (Å²) < 4.78 is 41.1. The molecule has 7 nitrogen and oxygen atoms in total. The Hall–Kier alpha value is -3.14. The first kappa shape index (κ1) is 19.2. The summed E-state index contributed by atoms with van der Waals surface area (Å²) >= 11 is 5.79. The Morgan fingerprint density at radius 3 is 2.48 bits per heavy atom. The summed E-state index contributed by atoms with van der Waals surface area (Å²) in [5.74, 6) is 1.22. The SMILES string of the molecule is O=[N+]([O-])c1cc(C(F)(F)F)c(Cl)cc1N1CCn2c(nnc2-c2ccccc2)C1. The van der Waals surface area contributed by atoms with Gasteiger partial charge in [0, 0.05) is 24.7 Å². The van der Waals surface area contributed by atoms with E-state index < -0.39 is 27.4 Å². The molecule has 1 aliphatic rings. The Balaban J connectivity index is 1.71. The lowest BCUT2D eigenvalue weighted by Crippen LogP contribution is -2.34. The lowest BCUT2D eigenvalue weighted by molar-refractivity contribution is -0.384.